The summed E-state index contributed by atoms with van der Waals surface area (Å²) in [5.74, 6) is -1.04. The van der Waals surface area contributed by atoms with E-state index in [1.54, 1.807) is 0 Å². The SMILES string of the molecule is O=C(O)C1C[C@H]2CC[C@@H](C1)N2C(=O)OCC1c2ccccc2-c2ccccc21. The number of hydrogen-bond donors (Lipinski definition) is 1. The highest BCUT2D eigenvalue weighted by molar-refractivity contribution is 5.79. The van der Waals surface area contributed by atoms with Crippen molar-refractivity contribution in [1.29, 1.82) is 0 Å². The van der Waals surface area contributed by atoms with Gasteiger partial charge in [-0.15, -0.1) is 0 Å². The fraction of sp³-hybridized carbons (Fsp3) is 0.391. The van der Waals surface area contributed by atoms with E-state index in [0.717, 1.165) is 12.8 Å². The first kappa shape index (κ1) is 17.3. The van der Waals surface area contributed by atoms with Crippen LogP contribution in [0.25, 0.3) is 11.1 Å². The van der Waals surface area contributed by atoms with Gasteiger partial charge in [0.2, 0.25) is 0 Å². The van der Waals surface area contributed by atoms with Gasteiger partial charge in [0.25, 0.3) is 0 Å². The van der Waals surface area contributed by atoms with Crippen LogP contribution < -0.4 is 0 Å². The van der Waals surface area contributed by atoms with Crippen LogP contribution in [-0.4, -0.2) is 40.8 Å². The van der Waals surface area contributed by atoms with Gasteiger partial charge in [-0.25, -0.2) is 4.79 Å². The van der Waals surface area contributed by atoms with E-state index >= 15 is 0 Å². The van der Waals surface area contributed by atoms with E-state index in [1.165, 1.54) is 22.3 Å². The molecule has 0 spiro atoms. The van der Waals surface area contributed by atoms with Crippen molar-refractivity contribution < 1.29 is 19.4 Å². The van der Waals surface area contributed by atoms with Crippen molar-refractivity contribution in [2.24, 2.45) is 5.92 Å². The lowest BCUT2D eigenvalue weighted by molar-refractivity contribution is -0.144. The van der Waals surface area contributed by atoms with Gasteiger partial charge in [-0.3, -0.25) is 4.79 Å². The number of carboxylic acids is 1. The lowest BCUT2D eigenvalue weighted by Crippen LogP contribution is -2.48. The molecule has 2 aliphatic heterocycles. The van der Waals surface area contributed by atoms with Gasteiger partial charge < -0.3 is 14.7 Å². The fourth-order valence-electron chi connectivity index (χ4n) is 5.35. The van der Waals surface area contributed by atoms with Crippen LogP contribution in [0.5, 0.6) is 0 Å². The van der Waals surface area contributed by atoms with Gasteiger partial charge in [-0.2, -0.15) is 0 Å². The molecule has 2 fully saturated rings. The zero-order valence-corrected chi connectivity index (χ0v) is 15.6. The zero-order valence-electron chi connectivity index (χ0n) is 15.6. The quantitative estimate of drug-likeness (QED) is 0.868. The molecule has 0 aromatic heterocycles. The number of piperidine rings is 1. The molecule has 2 aromatic carbocycles. The van der Waals surface area contributed by atoms with E-state index in [9.17, 15) is 14.7 Å². The second-order valence-corrected chi connectivity index (χ2v) is 8.10. The van der Waals surface area contributed by atoms with Gasteiger partial charge >= 0.3 is 12.1 Å². The predicted molar refractivity (Wildman–Crippen MR) is 104 cm³/mol. The van der Waals surface area contributed by atoms with E-state index in [2.05, 4.69) is 24.3 Å². The number of rotatable bonds is 3. The maximum Gasteiger partial charge on any atom is 0.410 e. The van der Waals surface area contributed by atoms with E-state index in [0.29, 0.717) is 19.4 Å². The molecule has 2 heterocycles. The van der Waals surface area contributed by atoms with E-state index in [4.69, 9.17) is 4.74 Å². The fourth-order valence-corrected chi connectivity index (χ4v) is 5.35. The summed E-state index contributed by atoms with van der Waals surface area (Å²) in [5, 5.41) is 9.32. The van der Waals surface area contributed by atoms with Gasteiger partial charge in [0.1, 0.15) is 6.61 Å². The second kappa shape index (κ2) is 6.66. The third kappa shape index (κ3) is 2.68. The minimum absolute atomic E-state index is 0.00417. The van der Waals surface area contributed by atoms with Gasteiger partial charge in [0, 0.05) is 18.0 Å². The third-order valence-electron chi connectivity index (χ3n) is 6.63. The molecule has 2 saturated heterocycles. The number of nitrogens with zero attached hydrogens (tertiary/aromatic N) is 1. The number of carbonyl (C=O) groups is 2. The maximum atomic E-state index is 12.9. The number of fused-ring (bicyclic) bond motifs is 5. The Morgan fingerprint density at radius 1 is 0.929 bits per heavy atom. The van der Waals surface area contributed by atoms with Crippen molar-refractivity contribution in [1.82, 2.24) is 4.90 Å². The zero-order chi connectivity index (χ0) is 19.3. The van der Waals surface area contributed by atoms with Crippen molar-refractivity contribution in [3.63, 3.8) is 0 Å². The lowest BCUT2D eigenvalue weighted by atomic mass is 9.91. The molecule has 0 radical (unpaired) electrons. The molecule has 1 N–H and O–H groups in total. The van der Waals surface area contributed by atoms with Gasteiger partial charge in [-0.1, -0.05) is 48.5 Å². The third-order valence-corrected chi connectivity index (χ3v) is 6.63. The molecule has 28 heavy (non-hydrogen) atoms. The van der Waals surface area contributed by atoms with Crippen molar-refractivity contribution in [2.75, 3.05) is 6.61 Å². The molecule has 5 nitrogen and oxygen atoms in total. The summed E-state index contributed by atoms with van der Waals surface area (Å²) in [6, 6.07) is 16.6. The van der Waals surface area contributed by atoms with Crippen LogP contribution in [0.1, 0.15) is 42.7 Å². The second-order valence-electron chi connectivity index (χ2n) is 8.10. The predicted octanol–water partition coefficient (Wildman–Crippen LogP) is 4.26. The Morgan fingerprint density at radius 3 is 2.00 bits per heavy atom. The Labute approximate surface area is 163 Å². The molecule has 3 aliphatic rings. The summed E-state index contributed by atoms with van der Waals surface area (Å²) >= 11 is 0. The van der Waals surface area contributed by atoms with Crippen LogP contribution in [0.2, 0.25) is 0 Å². The molecule has 3 atom stereocenters. The molecule has 5 heteroatoms. The summed E-state index contributed by atoms with van der Waals surface area (Å²) in [6.45, 7) is 0.311. The van der Waals surface area contributed by atoms with Crippen LogP contribution in [-0.2, 0) is 9.53 Å². The van der Waals surface area contributed by atoms with Gasteiger partial charge in [0.05, 0.1) is 5.92 Å². The Morgan fingerprint density at radius 2 is 1.46 bits per heavy atom. The first-order valence-corrected chi connectivity index (χ1v) is 9.99. The summed E-state index contributed by atoms with van der Waals surface area (Å²) in [6.07, 6.45) is 2.53. The number of amides is 1. The van der Waals surface area contributed by atoms with Crippen molar-refractivity contribution in [3.8, 4) is 11.1 Å². The van der Waals surface area contributed by atoms with Crippen molar-refractivity contribution in [3.05, 3.63) is 59.7 Å². The number of ether oxygens (including phenoxy) is 1. The van der Waals surface area contributed by atoms with Crippen molar-refractivity contribution in [2.45, 2.75) is 43.7 Å². The number of hydrogen-bond acceptors (Lipinski definition) is 3. The van der Waals surface area contributed by atoms with Crippen LogP contribution in [0.3, 0.4) is 0 Å². The number of carboxylic acid groups (broad SMARTS) is 1. The molecule has 1 unspecified atom stereocenters. The Balaban J connectivity index is 1.32. The Hall–Kier alpha value is -2.82. The number of aliphatic carboxylic acids is 1. The molecular formula is C23H23NO4. The van der Waals surface area contributed by atoms with E-state index in [1.807, 2.05) is 29.2 Å². The van der Waals surface area contributed by atoms with E-state index < -0.39 is 5.97 Å². The molecule has 1 amide bonds. The molecule has 2 bridgehead atoms. The van der Waals surface area contributed by atoms with Gasteiger partial charge in [0.15, 0.2) is 0 Å². The number of carbonyl (C=O) groups excluding carboxylic acids is 1. The first-order valence-electron chi connectivity index (χ1n) is 9.99. The summed E-state index contributed by atoms with van der Waals surface area (Å²) in [4.78, 5) is 26.0. The molecular weight excluding hydrogens is 354 g/mol. The average Bonchev–Trinajstić information content (AvgIpc) is 3.17. The minimum Gasteiger partial charge on any atom is -0.481 e. The lowest BCUT2D eigenvalue weighted by Gasteiger charge is -2.36. The highest BCUT2D eigenvalue weighted by atomic mass is 16.6. The van der Waals surface area contributed by atoms with Crippen molar-refractivity contribution >= 4 is 12.1 Å². The summed E-state index contributed by atoms with van der Waals surface area (Å²) in [5.41, 5.74) is 4.82. The van der Waals surface area contributed by atoms with E-state index in [-0.39, 0.29) is 30.0 Å². The smallest absolute Gasteiger partial charge is 0.410 e. The Bertz CT molecular complexity index is 880. The minimum atomic E-state index is -0.746. The highest BCUT2D eigenvalue weighted by Crippen LogP contribution is 2.45. The maximum absolute atomic E-state index is 12.9. The summed E-state index contributed by atoms with van der Waals surface area (Å²) in [7, 11) is 0. The number of benzene rings is 2. The molecule has 1 aliphatic carbocycles. The molecule has 0 saturated carbocycles. The first-order chi connectivity index (χ1) is 13.6. The standard InChI is InChI=1S/C23H23NO4/c25-22(26)14-11-15-9-10-16(12-14)24(15)23(27)28-13-21-19-7-3-1-5-17(19)18-6-2-4-8-20(18)21/h1-8,14-16,21H,9-13H2,(H,25,26)/t14?,15-,16+. The molecule has 144 valence electrons. The van der Waals surface area contributed by atoms with Crippen LogP contribution in [0, 0.1) is 5.92 Å². The largest absolute Gasteiger partial charge is 0.481 e. The highest BCUT2D eigenvalue weighted by Gasteiger charge is 2.46. The molecule has 5 rings (SSSR count). The topological polar surface area (TPSA) is 66.8 Å². The molecule has 2 aromatic rings. The van der Waals surface area contributed by atoms with Gasteiger partial charge in [-0.05, 0) is 47.9 Å². The van der Waals surface area contributed by atoms with Crippen LogP contribution >= 0.6 is 0 Å². The normalized spacial score (nSPS) is 25.3. The van der Waals surface area contributed by atoms with Crippen LogP contribution in [0.4, 0.5) is 4.79 Å². The van der Waals surface area contributed by atoms with Crippen LogP contribution in [0.15, 0.2) is 48.5 Å². The monoisotopic (exact) mass is 377 g/mol. The Kier molecular flexibility index (Phi) is 4.11. The summed E-state index contributed by atoms with van der Waals surface area (Å²) < 4.78 is 5.80. The average molecular weight is 377 g/mol.